The van der Waals surface area contributed by atoms with E-state index in [0.29, 0.717) is 29.6 Å². The standard InChI is InChI=1S/C13H14FN3O2/c1-18-11-7-12(19-2)17-10(16-11)6-8-4-3-5-9(14)13(8)15/h3-5,7H,6,15H2,1-2H3. The Balaban J connectivity index is 2.34. The molecule has 5 nitrogen and oxygen atoms in total. The van der Waals surface area contributed by atoms with Crippen LogP contribution in [0, 0.1) is 5.82 Å². The molecule has 0 saturated carbocycles. The topological polar surface area (TPSA) is 70.3 Å². The number of methoxy groups -OCH3 is 2. The van der Waals surface area contributed by atoms with Crippen molar-refractivity contribution in [3.05, 3.63) is 41.5 Å². The Bertz CT molecular complexity index is 568. The zero-order chi connectivity index (χ0) is 13.8. The van der Waals surface area contributed by atoms with Gasteiger partial charge in [0.1, 0.15) is 11.6 Å². The number of ether oxygens (including phenoxy) is 2. The zero-order valence-corrected chi connectivity index (χ0v) is 10.7. The van der Waals surface area contributed by atoms with Gasteiger partial charge in [-0.05, 0) is 11.6 Å². The van der Waals surface area contributed by atoms with Gasteiger partial charge in [-0.25, -0.2) is 4.39 Å². The van der Waals surface area contributed by atoms with Crippen LogP contribution >= 0.6 is 0 Å². The summed E-state index contributed by atoms with van der Waals surface area (Å²) in [5.74, 6) is 0.773. The first-order valence-electron chi connectivity index (χ1n) is 5.63. The highest BCUT2D eigenvalue weighted by atomic mass is 19.1. The van der Waals surface area contributed by atoms with Gasteiger partial charge in [0.15, 0.2) is 0 Å². The fraction of sp³-hybridized carbons (Fsp3) is 0.231. The molecule has 2 rings (SSSR count). The molecule has 0 aliphatic carbocycles. The molecule has 19 heavy (non-hydrogen) atoms. The summed E-state index contributed by atoms with van der Waals surface area (Å²) in [5, 5.41) is 0. The second kappa shape index (κ2) is 5.51. The van der Waals surface area contributed by atoms with Crippen molar-refractivity contribution in [2.45, 2.75) is 6.42 Å². The maximum absolute atomic E-state index is 13.4. The molecule has 0 radical (unpaired) electrons. The lowest BCUT2D eigenvalue weighted by Gasteiger charge is -2.08. The van der Waals surface area contributed by atoms with Crippen molar-refractivity contribution in [3.8, 4) is 11.8 Å². The molecular formula is C13H14FN3O2. The molecule has 100 valence electrons. The van der Waals surface area contributed by atoms with Gasteiger partial charge in [0.05, 0.1) is 26.0 Å². The van der Waals surface area contributed by atoms with Gasteiger partial charge in [-0.2, -0.15) is 9.97 Å². The van der Waals surface area contributed by atoms with Crippen LogP contribution in [-0.4, -0.2) is 24.2 Å². The van der Waals surface area contributed by atoms with E-state index >= 15 is 0 Å². The van der Waals surface area contributed by atoms with Crippen LogP contribution in [0.2, 0.25) is 0 Å². The molecular weight excluding hydrogens is 249 g/mol. The average Bonchev–Trinajstić information content (AvgIpc) is 2.43. The summed E-state index contributed by atoms with van der Waals surface area (Å²) in [6.45, 7) is 0. The molecule has 0 saturated heterocycles. The first kappa shape index (κ1) is 13.1. The van der Waals surface area contributed by atoms with E-state index in [1.165, 1.54) is 20.3 Å². The number of benzene rings is 1. The summed E-state index contributed by atoms with van der Waals surface area (Å²) in [6.07, 6.45) is 0.303. The number of para-hydroxylation sites is 1. The lowest BCUT2D eigenvalue weighted by molar-refractivity contribution is 0.369. The Hall–Kier alpha value is -2.37. The molecule has 6 heteroatoms. The van der Waals surface area contributed by atoms with Gasteiger partial charge in [-0.1, -0.05) is 12.1 Å². The largest absolute Gasteiger partial charge is 0.481 e. The number of rotatable bonds is 4. The molecule has 1 aromatic heterocycles. The van der Waals surface area contributed by atoms with Crippen LogP contribution in [0.3, 0.4) is 0 Å². The number of hydrogen-bond donors (Lipinski definition) is 1. The lowest BCUT2D eigenvalue weighted by atomic mass is 10.1. The lowest BCUT2D eigenvalue weighted by Crippen LogP contribution is -2.04. The van der Waals surface area contributed by atoms with Gasteiger partial charge in [0, 0.05) is 6.42 Å². The normalized spacial score (nSPS) is 10.3. The molecule has 0 unspecified atom stereocenters. The minimum absolute atomic E-state index is 0.105. The van der Waals surface area contributed by atoms with Gasteiger partial charge in [0.2, 0.25) is 11.8 Å². The van der Waals surface area contributed by atoms with Crippen LogP contribution in [0.25, 0.3) is 0 Å². The molecule has 1 aromatic carbocycles. The van der Waals surface area contributed by atoms with Crippen molar-refractivity contribution in [2.75, 3.05) is 20.0 Å². The van der Waals surface area contributed by atoms with E-state index in [1.54, 1.807) is 18.2 Å². The molecule has 1 heterocycles. The predicted molar refractivity (Wildman–Crippen MR) is 68.8 cm³/mol. The van der Waals surface area contributed by atoms with Gasteiger partial charge in [0.25, 0.3) is 0 Å². The molecule has 0 spiro atoms. The monoisotopic (exact) mass is 263 g/mol. The van der Waals surface area contributed by atoms with Gasteiger partial charge >= 0.3 is 0 Å². The van der Waals surface area contributed by atoms with E-state index in [4.69, 9.17) is 15.2 Å². The highest BCUT2D eigenvalue weighted by Gasteiger charge is 2.10. The third kappa shape index (κ3) is 2.90. The van der Waals surface area contributed by atoms with Crippen LogP contribution in [0.5, 0.6) is 11.8 Å². The maximum Gasteiger partial charge on any atom is 0.220 e. The van der Waals surface area contributed by atoms with E-state index < -0.39 is 5.82 Å². The molecule has 2 aromatic rings. The molecule has 0 fully saturated rings. The second-order valence-electron chi connectivity index (χ2n) is 3.86. The van der Waals surface area contributed by atoms with Crippen LogP contribution < -0.4 is 15.2 Å². The number of hydrogen-bond acceptors (Lipinski definition) is 5. The SMILES string of the molecule is COc1cc(OC)nc(Cc2cccc(F)c2N)n1. The van der Waals surface area contributed by atoms with Gasteiger partial charge < -0.3 is 15.2 Å². The summed E-state index contributed by atoms with van der Waals surface area (Å²) in [7, 11) is 3.00. The first-order valence-corrected chi connectivity index (χ1v) is 5.63. The fourth-order valence-corrected chi connectivity index (χ4v) is 1.64. The average molecular weight is 263 g/mol. The smallest absolute Gasteiger partial charge is 0.220 e. The van der Waals surface area contributed by atoms with E-state index in [-0.39, 0.29) is 5.69 Å². The zero-order valence-electron chi connectivity index (χ0n) is 10.7. The Morgan fingerprint density at radius 3 is 2.37 bits per heavy atom. The van der Waals surface area contributed by atoms with Crippen molar-refractivity contribution < 1.29 is 13.9 Å². The van der Waals surface area contributed by atoms with Crippen LogP contribution in [0.15, 0.2) is 24.3 Å². The molecule has 0 amide bonds. The van der Waals surface area contributed by atoms with Crippen molar-refractivity contribution in [2.24, 2.45) is 0 Å². The Morgan fingerprint density at radius 2 is 1.79 bits per heavy atom. The number of nitrogens with two attached hydrogens (primary N) is 1. The number of nitrogen functional groups attached to an aromatic ring is 1. The summed E-state index contributed by atoms with van der Waals surface area (Å²) >= 11 is 0. The minimum atomic E-state index is -0.452. The highest BCUT2D eigenvalue weighted by molar-refractivity contribution is 5.49. The molecule has 0 bridgehead atoms. The number of anilines is 1. The van der Waals surface area contributed by atoms with Crippen molar-refractivity contribution in [1.82, 2.24) is 9.97 Å². The van der Waals surface area contributed by atoms with Crippen molar-refractivity contribution in [3.63, 3.8) is 0 Å². The second-order valence-corrected chi connectivity index (χ2v) is 3.86. The molecule has 0 aliphatic heterocycles. The highest BCUT2D eigenvalue weighted by Crippen LogP contribution is 2.21. The molecule has 0 aliphatic rings. The predicted octanol–water partition coefficient (Wildman–Crippen LogP) is 1.81. The molecule has 2 N–H and O–H groups in total. The van der Waals surface area contributed by atoms with Gasteiger partial charge in [-0.3, -0.25) is 0 Å². The number of halogens is 1. The third-order valence-electron chi connectivity index (χ3n) is 2.64. The van der Waals surface area contributed by atoms with Crippen molar-refractivity contribution >= 4 is 5.69 Å². The van der Waals surface area contributed by atoms with Gasteiger partial charge in [-0.15, -0.1) is 0 Å². The maximum atomic E-state index is 13.4. The Morgan fingerprint density at radius 1 is 1.16 bits per heavy atom. The minimum Gasteiger partial charge on any atom is -0.481 e. The number of nitrogens with zero attached hydrogens (tertiary/aromatic N) is 2. The third-order valence-corrected chi connectivity index (χ3v) is 2.64. The van der Waals surface area contributed by atoms with E-state index in [1.807, 2.05) is 0 Å². The first-order chi connectivity index (χ1) is 9.13. The van der Waals surface area contributed by atoms with Crippen molar-refractivity contribution in [1.29, 1.82) is 0 Å². The summed E-state index contributed by atoms with van der Waals surface area (Å²) < 4.78 is 23.5. The quantitative estimate of drug-likeness (QED) is 0.852. The van der Waals surface area contributed by atoms with E-state index in [0.717, 1.165) is 0 Å². The van der Waals surface area contributed by atoms with Crippen LogP contribution in [0.4, 0.5) is 10.1 Å². The summed E-state index contributed by atoms with van der Waals surface area (Å²) in [6, 6.07) is 6.20. The van der Waals surface area contributed by atoms with Crippen LogP contribution in [0.1, 0.15) is 11.4 Å². The van der Waals surface area contributed by atoms with E-state index in [2.05, 4.69) is 9.97 Å². The Labute approximate surface area is 110 Å². The number of aromatic nitrogens is 2. The summed E-state index contributed by atoms with van der Waals surface area (Å²) in [5.41, 5.74) is 6.40. The fourth-order valence-electron chi connectivity index (χ4n) is 1.64. The van der Waals surface area contributed by atoms with E-state index in [9.17, 15) is 4.39 Å². The summed E-state index contributed by atoms with van der Waals surface area (Å²) in [4.78, 5) is 8.35. The van der Waals surface area contributed by atoms with Crippen LogP contribution in [-0.2, 0) is 6.42 Å². The Kier molecular flexibility index (Phi) is 3.79. The molecule has 0 atom stereocenters.